The Balaban J connectivity index is 1.01. The van der Waals surface area contributed by atoms with Crippen LogP contribution < -0.4 is 36.6 Å². The number of thioether (sulfide) groups is 1. The third-order valence-corrected chi connectivity index (χ3v) is 10.5. The number of hydrogen-bond acceptors (Lipinski definition) is 10. The molecule has 3 fully saturated rings. The summed E-state index contributed by atoms with van der Waals surface area (Å²) < 4.78 is 5.40. The first-order chi connectivity index (χ1) is 22.5. The minimum atomic E-state index is -0.0463. The van der Waals surface area contributed by atoms with Gasteiger partial charge in [-0.2, -0.15) is 26.7 Å². The lowest BCUT2D eigenvalue weighted by molar-refractivity contribution is -0.121. The van der Waals surface area contributed by atoms with Crippen LogP contribution in [-0.4, -0.2) is 76.2 Å². The maximum atomic E-state index is 12.3. The summed E-state index contributed by atoms with van der Waals surface area (Å²) in [5.41, 5.74) is 1.92. The number of benzene rings is 1. The monoisotopic (exact) mass is 653 g/mol. The zero-order valence-corrected chi connectivity index (χ0v) is 28.1. The maximum Gasteiger partial charge on any atom is 0.315 e. The molecule has 6 N–H and O–H groups in total. The highest BCUT2D eigenvalue weighted by molar-refractivity contribution is 8.00. The van der Waals surface area contributed by atoms with Crippen LogP contribution >= 0.6 is 11.8 Å². The van der Waals surface area contributed by atoms with Gasteiger partial charge in [0.2, 0.25) is 23.8 Å². The van der Waals surface area contributed by atoms with Gasteiger partial charge in [-0.05, 0) is 75.6 Å². The van der Waals surface area contributed by atoms with Gasteiger partial charge in [0.1, 0.15) is 5.75 Å². The summed E-state index contributed by atoms with van der Waals surface area (Å²) in [6.45, 7) is 3.44. The molecule has 0 spiro atoms. The van der Waals surface area contributed by atoms with Crippen LogP contribution in [0.3, 0.4) is 0 Å². The Labute approximate surface area is 277 Å². The van der Waals surface area contributed by atoms with Crippen molar-refractivity contribution in [3.63, 3.8) is 0 Å². The second-order valence-corrected chi connectivity index (χ2v) is 13.9. The van der Waals surface area contributed by atoms with Crippen LogP contribution in [-0.2, 0) is 4.79 Å². The van der Waals surface area contributed by atoms with Crippen LogP contribution in [0.2, 0.25) is 0 Å². The molecule has 3 aliphatic rings. The molecule has 1 saturated carbocycles. The number of unbranched alkanes of at least 4 members (excludes halogenated alkanes) is 3. The van der Waals surface area contributed by atoms with E-state index in [4.69, 9.17) is 14.7 Å². The molecular weight excluding hydrogens is 602 g/mol. The highest BCUT2D eigenvalue weighted by Crippen LogP contribution is 2.33. The number of carbonyl (C=O) groups excluding carboxylic acids is 2. The number of nitrogens with one attached hydrogen (secondary N) is 6. The second kappa shape index (κ2) is 17.4. The fourth-order valence-corrected chi connectivity index (χ4v) is 8.03. The van der Waals surface area contributed by atoms with Gasteiger partial charge < -0.3 is 36.6 Å². The molecule has 3 atom stereocenters. The Morgan fingerprint density at radius 1 is 0.957 bits per heavy atom. The lowest BCUT2D eigenvalue weighted by Gasteiger charge is -2.17. The molecule has 252 valence electrons. The summed E-state index contributed by atoms with van der Waals surface area (Å²) in [5.74, 6) is 3.57. The molecule has 3 heterocycles. The number of anilines is 4. The number of amides is 3. The van der Waals surface area contributed by atoms with Crippen molar-refractivity contribution in [2.24, 2.45) is 0 Å². The normalized spacial score (nSPS) is 21.1. The van der Waals surface area contributed by atoms with E-state index in [1.54, 1.807) is 7.11 Å². The van der Waals surface area contributed by atoms with Gasteiger partial charge in [0.15, 0.2) is 0 Å². The molecule has 2 aliphatic heterocycles. The summed E-state index contributed by atoms with van der Waals surface area (Å²) in [6.07, 6.45) is 13.6. The standard InChI is InChI=1S/C33H51N9O3S/c1-22-20-24(16-17-26(22)45-2)37-32-41-30(40-31(42-32)36-23-12-6-3-4-7-13-23)35-19-11-5-10-18-34-28(43)15-9-8-14-27-29-25(21-46-27)38-33(44)39-29/h16-17,20,23,25,27,29H,3-15,18-19,21H2,1-2H3,(H,34,43)(H2,38,39,44)(H3,35,36,37,40,41,42). The Kier molecular flexibility index (Phi) is 12.8. The van der Waals surface area contributed by atoms with E-state index >= 15 is 0 Å². The molecular formula is C33H51N9O3S. The van der Waals surface area contributed by atoms with Crippen LogP contribution in [0.4, 0.5) is 28.3 Å². The Hall–Kier alpha value is -3.48. The van der Waals surface area contributed by atoms with Gasteiger partial charge >= 0.3 is 6.03 Å². The number of nitrogens with zero attached hydrogens (tertiary/aromatic N) is 3. The zero-order chi connectivity index (χ0) is 32.1. The Morgan fingerprint density at radius 3 is 2.54 bits per heavy atom. The molecule has 0 bridgehead atoms. The molecule has 3 unspecified atom stereocenters. The minimum Gasteiger partial charge on any atom is -0.496 e. The summed E-state index contributed by atoms with van der Waals surface area (Å²) in [7, 11) is 1.67. The van der Waals surface area contributed by atoms with E-state index < -0.39 is 0 Å². The lowest BCUT2D eigenvalue weighted by Crippen LogP contribution is -2.36. The number of aromatic nitrogens is 3. The van der Waals surface area contributed by atoms with E-state index in [9.17, 15) is 9.59 Å². The van der Waals surface area contributed by atoms with Gasteiger partial charge in [-0.25, -0.2) is 4.79 Å². The van der Waals surface area contributed by atoms with Crippen LogP contribution in [0.15, 0.2) is 18.2 Å². The summed E-state index contributed by atoms with van der Waals surface area (Å²) in [5, 5.41) is 19.8. The van der Waals surface area contributed by atoms with Gasteiger partial charge in [0, 0.05) is 42.2 Å². The first kappa shape index (κ1) is 33.9. The third-order valence-electron chi connectivity index (χ3n) is 9.01. The average Bonchev–Trinajstić information content (AvgIpc) is 3.47. The number of urea groups is 1. The average molecular weight is 654 g/mol. The molecule has 3 amide bonds. The Bertz CT molecular complexity index is 1290. The van der Waals surface area contributed by atoms with Crippen molar-refractivity contribution in [1.82, 2.24) is 30.9 Å². The van der Waals surface area contributed by atoms with Gasteiger partial charge in [0.25, 0.3) is 0 Å². The van der Waals surface area contributed by atoms with Gasteiger partial charge in [0.05, 0.1) is 19.2 Å². The smallest absolute Gasteiger partial charge is 0.315 e. The van der Waals surface area contributed by atoms with Crippen LogP contribution in [0.5, 0.6) is 5.75 Å². The molecule has 1 aromatic carbocycles. The van der Waals surface area contributed by atoms with E-state index in [1.807, 2.05) is 36.9 Å². The molecule has 46 heavy (non-hydrogen) atoms. The summed E-state index contributed by atoms with van der Waals surface area (Å²) >= 11 is 1.92. The number of carbonyl (C=O) groups is 2. The molecule has 13 heteroatoms. The van der Waals surface area contributed by atoms with E-state index in [2.05, 4.69) is 36.9 Å². The first-order valence-electron chi connectivity index (χ1n) is 17.1. The SMILES string of the molecule is COc1ccc(Nc2nc(NCCCCCNC(=O)CCCCC3SCC4NC(=O)NC43)nc(NC3CCCCCC3)n2)cc1C. The molecule has 5 rings (SSSR count). The van der Waals surface area contributed by atoms with Gasteiger partial charge in [-0.15, -0.1) is 0 Å². The Morgan fingerprint density at radius 2 is 1.74 bits per heavy atom. The zero-order valence-electron chi connectivity index (χ0n) is 27.3. The van der Waals surface area contributed by atoms with E-state index in [0.29, 0.717) is 42.1 Å². The van der Waals surface area contributed by atoms with Crippen molar-refractivity contribution in [2.45, 2.75) is 114 Å². The molecule has 0 radical (unpaired) electrons. The van der Waals surface area contributed by atoms with Crippen molar-refractivity contribution in [1.29, 1.82) is 0 Å². The second-order valence-electron chi connectivity index (χ2n) is 12.7. The van der Waals surface area contributed by atoms with E-state index in [-0.39, 0.29) is 24.0 Å². The molecule has 2 aromatic rings. The molecule has 12 nitrogen and oxygen atoms in total. The highest BCUT2D eigenvalue weighted by atomic mass is 32.2. The molecule has 1 aliphatic carbocycles. The lowest BCUT2D eigenvalue weighted by atomic mass is 10.0. The number of rotatable bonds is 17. The number of fused-ring (bicyclic) bond motifs is 1. The molecule has 1 aromatic heterocycles. The largest absolute Gasteiger partial charge is 0.496 e. The first-order valence-corrected chi connectivity index (χ1v) is 18.1. The maximum absolute atomic E-state index is 12.3. The summed E-state index contributed by atoms with van der Waals surface area (Å²) in [4.78, 5) is 37.9. The van der Waals surface area contributed by atoms with Crippen molar-refractivity contribution >= 4 is 47.2 Å². The van der Waals surface area contributed by atoms with E-state index in [0.717, 1.165) is 80.7 Å². The highest BCUT2D eigenvalue weighted by Gasteiger charge is 2.42. The number of ether oxygens (including phenoxy) is 1. The van der Waals surface area contributed by atoms with Crippen molar-refractivity contribution in [3.8, 4) is 5.75 Å². The molecule has 2 saturated heterocycles. The number of methoxy groups -OCH3 is 1. The predicted octanol–water partition coefficient (Wildman–Crippen LogP) is 5.49. The topological polar surface area (TPSA) is 154 Å². The quantitative estimate of drug-likeness (QED) is 0.0734. The summed E-state index contributed by atoms with van der Waals surface area (Å²) in [6, 6.07) is 6.73. The van der Waals surface area contributed by atoms with Crippen molar-refractivity contribution in [2.75, 3.05) is 41.9 Å². The van der Waals surface area contributed by atoms with Crippen molar-refractivity contribution < 1.29 is 14.3 Å². The fraction of sp³-hybridized carbons (Fsp3) is 0.667. The van der Waals surface area contributed by atoms with E-state index in [1.165, 1.54) is 25.7 Å². The van der Waals surface area contributed by atoms with Crippen LogP contribution in [0, 0.1) is 6.92 Å². The third kappa shape index (κ3) is 10.3. The van der Waals surface area contributed by atoms with Crippen LogP contribution in [0.1, 0.15) is 89.0 Å². The van der Waals surface area contributed by atoms with Gasteiger partial charge in [-0.1, -0.05) is 32.1 Å². The van der Waals surface area contributed by atoms with Gasteiger partial charge in [-0.3, -0.25) is 4.79 Å². The minimum absolute atomic E-state index is 0.0463. The predicted molar refractivity (Wildman–Crippen MR) is 185 cm³/mol. The van der Waals surface area contributed by atoms with Crippen LogP contribution in [0.25, 0.3) is 0 Å². The van der Waals surface area contributed by atoms with Crippen molar-refractivity contribution in [3.05, 3.63) is 23.8 Å². The number of aryl methyl sites for hydroxylation is 1. The fourth-order valence-electron chi connectivity index (χ4n) is 6.48. The number of hydrogen-bond donors (Lipinski definition) is 6.